The highest BCUT2D eigenvalue weighted by molar-refractivity contribution is 7.99. The third-order valence-corrected chi connectivity index (χ3v) is 6.81. The summed E-state index contributed by atoms with van der Waals surface area (Å²) in [6.07, 6.45) is 2.75. The molecule has 4 rings (SSSR count). The fourth-order valence-electron chi connectivity index (χ4n) is 3.87. The van der Waals surface area contributed by atoms with Gasteiger partial charge in [0.15, 0.2) is 0 Å². The number of aromatic nitrogens is 3. The highest BCUT2D eigenvalue weighted by Crippen LogP contribution is 2.37. The van der Waals surface area contributed by atoms with Crippen LogP contribution < -0.4 is 10.1 Å². The lowest BCUT2D eigenvalue weighted by molar-refractivity contribution is -0.139. The van der Waals surface area contributed by atoms with Gasteiger partial charge in [-0.2, -0.15) is 4.98 Å². The SMILES string of the molecule is CCCCOC(=O)C1=C(C)Nc2nc(SCCC)nn2C1c1ccc(OCc2ccccc2F)cc1. The Balaban J connectivity index is 1.61. The zero-order valence-corrected chi connectivity index (χ0v) is 21.6. The smallest absolute Gasteiger partial charge is 0.338 e. The molecule has 0 saturated heterocycles. The van der Waals surface area contributed by atoms with Crippen molar-refractivity contribution < 1.29 is 18.7 Å². The standard InChI is InChI=1S/C27H31FN4O3S/c1-4-6-15-34-25(33)23-18(3)29-26-30-27(36-16-5-2)31-32(26)24(23)19-11-13-21(14-12-19)35-17-20-9-7-8-10-22(20)28/h7-14,24H,4-6,15-17H2,1-3H3,(H,29,30,31). The molecule has 0 spiro atoms. The molecule has 1 aliphatic rings. The van der Waals surface area contributed by atoms with E-state index in [0.717, 1.165) is 30.6 Å². The summed E-state index contributed by atoms with van der Waals surface area (Å²) in [6, 6.07) is 13.5. The number of carbonyl (C=O) groups is 1. The van der Waals surface area contributed by atoms with E-state index in [9.17, 15) is 9.18 Å². The predicted molar refractivity (Wildman–Crippen MR) is 139 cm³/mol. The second-order valence-electron chi connectivity index (χ2n) is 8.52. The quantitative estimate of drug-likeness (QED) is 0.189. The van der Waals surface area contributed by atoms with Crippen molar-refractivity contribution in [3.8, 4) is 5.75 Å². The predicted octanol–water partition coefficient (Wildman–Crippen LogP) is 6.13. The average molecular weight is 511 g/mol. The first kappa shape index (κ1) is 25.8. The second-order valence-corrected chi connectivity index (χ2v) is 9.58. The Morgan fingerprint density at radius 1 is 1.14 bits per heavy atom. The summed E-state index contributed by atoms with van der Waals surface area (Å²) >= 11 is 1.58. The number of hydrogen-bond donors (Lipinski definition) is 1. The summed E-state index contributed by atoms with van der Waals surface area (Å²) in [6.45, 7) is 6.50. The van der Waals surface area contributed by atoms with Gasteiger partial charge in [0, 0.05) is 17.0 Å². The Bertz CT molecular complexity index is 1230. The number of benzene rings is 2. The molecular formula is C27H31FN4O3S. The molecule has 190 valence electrons. The highest BCUT2D eigenvalue weighted by Gasteiger charge is 2.35. The molecule has 1 aromatic heterocycles. The van der Waals surface area contributed by atoms with Crippen LogP contribution in [0.25, 0.3) is 0 Å². The van der Waals surface area contributed by atoms with Gasteiger partial charge in [-0.15, -0.1) is 5.10 Å². The first-order chi connectivity index (χ1) is 17.5. The number of halogens is 1. The van der Waals surface area contributed by atoms with Gasteiger partial charge < -0.3 is 14.8 Å². The summed E-state index contributed by atoms with van der Waals surface area (Å²) in [5.41, 5.74) is 2.51. The van der Waals surface area contributed by atoms with Crippen LogP contribution in [-0.2, 0) is 16.1 Å². The van der Waals surface area contributed by atoms with Crippen LogP contribution >= 0.6 is 11.8 Å². The van der Waals surface area contributed by atoms with Gasteiger partial charge in [-0.25, -0.2) is 13.9 Å². The highest BCUT2D eigenvalue weighted by atomic mass is 32.2. The summed E-state index contributed by atoms with van der Waals surface area (Å²) in [5, 5.41) is 8.59. The van der Waals surface area contributed by atoms with Crippen LogP contribution in [-0.4, -0.2) is 33.1 Å². The van der Waals surface area contributed by atoms with Gasteiger partial charge in [-0.05, 0) is 43.5 Å². The lowest BCUT2D eigenvalue weighted by atomic mass is 9.96. The minimum Gasteiger partial charge on any atom is -0.489 e. The molecule has 0 saturated carbocycles. The molecule has 0 amide bonds. The van der Waals surface area contributed by atoms with E-state index in [1.165, 1.54) is 6.07 Å². The number of thioether (sulfide) groups is 1. The minimum absolute atomic E-state index is 0.124. The van der Waals surface area contributed by atoms with Crippen LogP contribution in [0.5, 0.6) is 5.75 Å². The number of unbranched alkanes of at least 4 members (excludes halogenated alkanes) is 1. The number of rotatable bonds is 11. The number of ether oxygens (including phenoxy) is 2. The average Bonchev–Trinajstić information content (AvgIpc) is 3.29. The maximum Gasteiger partial charge on any atom is 0.338 e. The van der Waals surface area contributed by atoms with Crippen LogP contribution in [0.15, 0.2) is 65.0 Å². The number of carbonyl (C=O) groups excluding carboxylic acids is 1. The minimum atomic E-state index is -0.500. The van der Waals surface area contributed by atoms with E-state index in [0.29, 0.717) is 40.3 Å². The van der Waals surface area contributed by atoms with Crippen LogP contribution in [0.3, 0.4) is 0 Å². The number of allylic oxidation sites excluding steroid dienone is 1. The number of nitrogens with one attached hydrogen (secondary N) is 1. The number of anilines is 1. The Kier molecular flexibility index (Phi) is 8.64. The van der Waals surface area contributed by atoms with E-state index < -0.39 is 6.04 Å². The van der Waals surface area contributed by atoms with E-state index in [4.69, 9.17) is 14.6 Å². The van der Waals surface area contributed by atoms with Crippen molar-refractivity contribution in [2.24, 2.45) is 0 Å². The third kappa shape index (κ3) is 5.90. The topological polar surface area (TPSA) is 78.3 Å². The molecule has 36 heavy (non-hydrogen) atoms. The normalized spacial score (nSPS) is 14.8. The molecule has 2 heterocycles. The number of fused-ring (bicyclic) bond motifs is 1. The van der Waals surface area contributed by atoms with E-state index >= 15 is 0 Å². The molecule has 1 atom stereocenters. The van der Waals surface area contributed by atoms with Crippen LogP contribution in [0.4, 0.5) is 10.3 Å². The molecule has 0 fully saturated rings. The molecule has 1 N–H and O–H groups in total. The lowest BCUT2D eigenvalue weighted by Crippen LogP contribution is -2.29. The zero-order valence-electron chi connectivity index (χ0n) is 20.8. The maximum absolute atomic E-state index is 13.9. The van der Waals surface area contributed by atoms with Crippen molar-refractivity contribution in [3.63, 3.8) is 0 Å². The molecule has 7 nitrogen and oxygen atoms in total. The van der Waals surface area contributed by atoms with Gasteiger partial charge in [0.2, 0.25) is 11.1 Å². The van der Waals surface area contributed by atoms with Crippen molar-refractivity contribution in [2.45, 2.75) is 57.8 Å². The molecular weight excluding hydrogens is 479 g/mol. The molecule has 9 heteroatoms. The van der Waals surface area contributed by atoms with Gasteiger partial charge in [0.25, 0.3) is 0 Å². The third-order valence-electron chi connectivity index (χ3n) is 5.77. The van der Waals surface area contributed by atoms with Gasteiger partial charge in [-0.1, -0.05) is 62.4 Å². The first-order valence-corrected chi connectivity index (χ1v) is 13.2. The Morgan fingerprint density at radius 2 is 1.92 bits per heavy atom. The van der Waals surface area contributed by atoms with Crippen molar-refractivity contribution in [1.82, 2.24) is 14.8 Å². The molecule has 2 aromatic carbocycles. The summed E-state index contributed by atoms with van der Waals surface area (Å²) < 4.78 is 27.1. The fourth-order valence-corrected chi connectivity index (χ4v) is 4.55. The molecule has 1 unspecified atom stereocenters. The number of nitrogens with zero attached hydrogens (tertiary/aromatic N) is 3. The molecule has 1 aliphatic heterocycles. The molecule has 0 aliphatic carbocycles. The van der Waals surface area contributed by atoms with Crippen molar-refractivity contribution in [3.05, 3.63) is 76.7 Å². The number of esters is 1. The van der Waals surface area contributed by atoms with E-state index in [-0.39, 0.29) is 18.4 Å². The van der Waals surface area contributed by atoms with Crippen LogP contribution in [0.1, 0.15) is 57.2 Å². The molecule has 3 aromatic rings. The van der Waals surface area contributed by atoms with E-state index in [1.54, 1.807) is 34.6 Å². The van der Waals surface area contributed by atoms with Crippen molar-refractivity contribution >= 4 is 23.7 Å². The van der Waals surface area contributed by atoms with Gasteiger partial charge >= 0.3 is 5.97 Å². The first-order valence-electron chi connectivity index (χ1n) is 12.2. The summed E-state index contributed by atoms with van der Waals surface area (Å²) in [5.74, 6) is 1.41. The van der Waals surface area contributed by atoms with E-state index in [2.05, 4.69) is 24.1 Å². The van der Waals surface area contributed by atoms with Gasteiger partial charge in [0.1, 0.15) is 24.2 Å². The van der Waals surface area contributed by atoms with Crippen LogP contribution in [0.2, 0.25) is 0 Å². The van der Waals surface area contributed by atoms with Gasteiger partial charge in [-0.3, -0.25) is 0 Å². The Hall–Kier alpha value is -3.33. The molecule has 0 bridgehead atoms. The maximum atomic E-state index is 13.9. The number of hydrogen-bond acceptors (Lipinski definition) is 7. The second kappa shape index (κ2) is 12.1. The zero-order chi connectivity index (χ0) is 25.5. The summed E-state index contributed by atoms with van der Waals surface area (Å²) in [4.78, 5) is 17.8. The van der Waals surface area contributed by atoms with Crippen molar-refractivity contribution in [1.29, 1.82) is 0 Å². The Morgan fingerprint density at radius 3 is 2.64 bits per heavy atom. The fraction of sp³-hybridized carbons (Fsp3) is 0.370. The van der Waals surface area contributed by atoms with Gasteiger partial charge in [0.05, 0.1) is 12.2 Å². The van der Waals surface area contributed by atoms with E-state index in [1.807, 2.05) is 31.2 Å². The summed E-state index contributed by atoms with van der Waals surface area (Å²) in [7, 11) is 0. The lowest BCUT2D eigenvalue weighted by Gasteiger charge is -2.28. The van der Waals surface area contributed by atoms with Crippen LogP contribution in [0, 0.1) is 5.82 Å². The largest absolute Gasteiger partial charge is 0.489 e. The van der Waals surface area contributed by atoms with Crippen molar-refractivity contribution in [2.75, 3.05) is 17.7 Å². The molecule has 0 radical (unpaired) electrons. The Labute approximate surface area is 215 Å². The monoisotopic (exact) mass is 510 g/mol.